The van der Waals surface area contributed by atoms with E-state index < -0.39 is 18.2 Å². The van der Waals surface area contributed by atoms with Gasteiger partial charge in [-0.2, -0.15) is 5.10 Å². The summed E-state index contributed by atoms with van der Waals surface area (Å²) in [5.74, 6) is -0.425. The van der Waals surface area contributed by atoms with Gasteiger partial charge in [0.2, 0.25) is 0 Å². The Labute approximate surface area is 107 Å². The largest absolute Gasteiger partial charge is 0.573 e. The molecule has 0 saturated heterocycles. The van der Waals surface area contributed by atoms with Gasteiger partial charge in [-0.05, 0) is 6.07 Å². The van der Waals surface area contributed by atoms with Crippen LogP contribution in [-0.2, 0) is 7.05 Å². The molecular formula is C12H11F3N2O2. The second-order valence-electron chi connectivity index (χ2n) is 3.94. The van der Waals surface area contributed by atoms with Gasteiger partial charge in [-0.15, -0.1) is 13.2 Å². The molecule has 0 bridgehead atoms. The molecule has 2 rings (SSSR count). The monoisotopic (exact) mass is 272 g/mol. The van der Waals surface area contributed by atoms with Crippen LogP contribution in [0.2, 0.25) is 0 Å². The molecule has 0 aliphatic heterocycles. The highest BCUT2D eigenvalue weighted by Crippen LogP contribution is 2.32. The van der Waals surface area contributed by atoms with Crippen LogP contribution in [0.4, 0.5) is 13.2 Å². The average Bonchev–Trinajstić information content (AvgIpc) is 2.74. The van der Waals surface area contributed by atoms with Crippen LogP contribution >= 0.6 is 0 Å². The molecule has 1 unspecified atom stereocenters. The third kappa shape index (κ3) is 3.25. The molecule has 19 heavy (non-hydrogen) atoms. The Bertz CT molecular complexity index is 566. The van der Waals surface area contributed by atoms with Crippen molar-refractivity contribution >= 4 is 0 Å². The molecule has 1 N–H and O–H groups in total. The first kappa shape index (κ1) is 13.4. The van der Waals surface area contributed by atoms with Crippen LogP contribution in [0.15, 0.2) is 36.7 Å². The Balaban J connectivity index is 2.34. The lowest BCUT2D eigenvalue weighted by atomic mass is 10.0. The molecule has 0 fully saturated rings. The van der Waals surface area contributed by atoms with Gasteiger partial charge in [-0.1, -0.05) is 18.2 Å². The summed E-state index contributed by atoms with van der Waals surface area (Å²) >= 11 is 0. The lowest BCUT2D eigenvalue weighted by Gasteiger charge is -2.16. The first-order valence-corrected chi connectivity index (χ1v) is 5.38. The first-order valence-electron chi connectivity index (χ1n) is 5.38. The van der Waals surface area contributed by atoms with Crippen molar-refractivity contribution in [3.63, 3.8) is 0 Å². The number of aliphatic hydroxyl groups is 1. The van der Waals surface area contributed by atoms with Crippen LogP contribution in [-0.4, -0.2) is 21.2 Å². The van der Waals surface area contributed by atoms with E-state index in [0.29, 0.717) is 5.56 Å². The second-order valence-corrected chi connectivity index (χ2v) is 3.94. The van der Waals surface area contributed by atoms with Gasteiger partial charge in [0.25, 0.3) is 0 Å². The van der Waals surface area contributed by atoms with Gasteiger partial charge in [-0.25, -0.2) is 0 Å². The number of alkyl halides is 3. The van der Waals surface area contributed by atoms with E-state index in [2.05, 4.69) is 9.84 Å². The second kappa shape index (κ2) is 4.93. The van der Waals surface area contributed by atoms with E-state index in [1.54, 1.807) is 7.05 Å². The minimum Gasteiger partial charge on any atom is -0.405 e. The zero-order valence-corrected chi connectivity index (χ0v) is 9.93. The highest BCUT2D eigenvalue weighted by molar-refractivity contribution is 5.39. The van der Waals surface area contributed by atoms with Crippen molar-refractivity contribution in [2.75, 3.05) is 0 Å². The summed E-state index contributed by atoms with van der Waals surface area (Å²) in [5, 5.41) is 13.9. The molecule has 4 nitrogen and oxygen atoms in total. The van der Waals surface area contributed by atoms with Crippen molar-refractivity contribution in [2.24, 2.45) is 7.05 Å². The van der Waals surface area contributed by atoms with E-state index in [4.69, 9.17) is 0 Å². The number of halogens is 3. The number of rotatable bonds is 3. The molecule has 0 amide bonds. The molecule has 102 valence electrons. The predicted molar refractivity (Wildman–Crippen MR) is 60.4 cm³/mol. The zero-order chi connectivity index (χ0) is 14.0. The van der Waals surface area contributed by atoms with Crippen molar-refractivity contribution in [3.05, 3.63) is 47.8 Å². The lowest BCUT2D eigenvalue weighted by molar-refractivity contribution is -0.275. The molecule has 2 aromatic rings. The van der Waals surface area contributed by atoms with Crippen molar-refractivity contribution in [3.8, 4) is 5.75 Å². The van der Waals surface area contributed by atoms with Gasteiger partial charge in [0, 0.05) is 24.4 Å². The van der Waals surface area contributed by atoms with Crippen LogP contribution in [0.1, 0.15) is 17.2 Å². The molecule has 0 aliphatic rings. The van der Waals surface area contributed by atoms with Gasteiger partial charge in [-0.3, -0.25) is 4.68 Å². The smallest absolute Gasteiger partial charge is 0.405 e. The highest BCUT2D eigenvalue weighted by atomic mass is 19.4. The van der Waals surface area contributed by atoms with E-state index in [1.807, 2.05) is 0 Å². The van der Waals surface area contributed by atoms with E-state index in [0.717, 1.165) is 6.07 Å². The maximum atomic E-state index is 12.3. The Kier molecular flexibility index (Phi) is 3.48. The number of ether oxygens (including phenoxy) is 1. The van der Waals surface area contributed by atoms with Crippen molar-refractivity contribution in [1.82, 2.24) is 9.78 Å². The van der Waals surface area contributed by atoms with Crippen LogP contribution in [0.25, 0.3) is 0 Å². The maximum Gasteiger partial charge on any atom is 0.573 e. The van der Waals surface area contributed by atoms with E-state index in [1.165, 1.54) is 35.3 Å². The predicted octanol–water partition coefficient (Wildman–Crippen LogP) is 2.40. The summed E-state index contributed by atoms with van der Waals surface area (Å²) in [6.07, 6.45) is -3.12. The number of aryl methyl sites for hydroxylation is 1. The Morgan fingerprint density at radius 1 is 1.32 bits per heavy atom. The quantitative estimate of drug-likeness (QED) is 0.933. The Morgan fingerprint density at radius 2 is 2.00 bits per heavy atom. The number of nitrogens with zero attached hydrogens (tertiary/aromatic N) is 2. The molecule has 7 heteroatoms. The summed E-state index contributed by atoms with van der Waals surface area (Å²) in [4.78, 5) is 0. The minimum absolute atomic E-state index is 0.0350. The molecule has 0 spiro atoms. The topological polar surface area (TPSA) is 47.3 Å². The third-order valence-corrected chi connectivity index (χ3v) is 2.48. The number of para-hydroxylation sites is 1. The fraction of sp³-hybridized carbons (Fsp3) is 0.250. The molecule has 0 radical (unpaired) electrons. The van der Waals surface area contributed by atoms with Crippen LogP contribution in [0.3, 0.4) is 0 Å². The molecular weight excluding hydrogens is 261 g/mol. The number of hydrogen-bond donors (Lipinski definition) is 1. The summed E-state index contributed by atoms with van der Waals surface area (Å²) in [6.45, 7) is 0. The molecule has 0 aliphatic carbocycles. The Hall–Kier alpha value is -2.02. The molecule has 1 aromatic heterocycles. The van der Waals surface area contributed by atoms with Gasteiger partial charge < -0.3 is 9.84 Å². The SMILES string of the molecule is Cn1cc(C(O)c2ccccc2OC(F)(F)F)cn1. The van der Waals surface area contributed by atoms with Gasteiger partial charge in [0.1, 0.15) is 11.9 Å². The minimum atomic E-state index is -4.80. The summed E-state index contributed by atoms with van der Waals surface area (Å²) in [5.41, 5.74) is 0.425. The molecule has 0 saturated carbocycles. The van der Waals surface area contributed by atoms with E-state index in [-0.39, 0.29) is 5.56 Å². The lowest BCUT2D eigenvalue weighted by Crippen LogP contribution is -2.18. The summed E-state index contributed by atoms with van der Waals surface area (Å²) < 4.78 is 42.2. The normalized spacial score (nSPS) is 13.3. The number of aromatic nitrogens is 2. The fourth-order valence-corrected chi connectivity index (χ4v) is 1.68. The van der Waals surface area contributed by atoms with E-state index in [9.17, 15) is 18.3 Å². The van der Waals surface area contributed by atoms with Crippen molar-refractivity contribution in [1.29, 1.82) is 0 Å². The third-order valence-electron chi connectivity index (χ3n) is 2.48. The molecule has 1 heterocycles. The van der Waals surface area contributed by atoms with Gasteiger partial charge >= 0.3 is 6.36 Å². The maximum absolute atomic E-state index is 12.3. The van der Waals surface area contributed by atoms with E-state index >= 15 is 0 Å². The van der Waals surface area contributed by atoms with Crippen molar-refractivity contribution < 1.29 is 23.0 Å². The van der Waals surface area contributed by atoms with Gasteiger partial charge in [0.05, 0.1) is 6.20 Å². The highest BCUT2D eigenvalue weighted by Gasteiger charge is 2.33. The summed E-state index contributed by atoms with van der Waals surface area (Å²) in [7, 11) is 1.65. The van der Waals surface area contributed by atoms with Crippen molar-refractivity contribution in [2.45, 2.75) is 12.5 Å². The van der Waals surface area contributed by atoms with Gasteiger partial charge in [0.15, 0.2) is 0 Å². The zero-order valence-electron chi connectivity index (χ0n) is 9.93. The molecule has 1 aromatic carbocycles. The number of aliphatic hydroxyl groups excluding tert-OH is 1. The average molecular weight is 272 g/mol. The standard InChI is InChI=1S/C12H11F3N2O2/c1-17-7-8(6-16-17)11(18)9-4-2-3-5-10(9)19-12(13,14)15/h2-7,11,18H,1H3. The fourth-order valence-electron chi connectivity index (χ4n) is 1.68. The number of benzene rings is 1. The number of hydrogen-bond acceptors (Lipinski definition) is 3. The van der Waals surface area contributed by atoms with Crippen LogP contribution in [0, 0.1) is 0 Å². The first-order chi connectivity index (χ1) is 8.87. The van der Waals surface area contributed by atoms with Crippen LogP contribution in [0.5, 0.6) is 5.75 Å². The van der Waals surface area contributed by atoms with Crippen LogP contribution < -0.4 is 4.74 Å². The molecule has 1 atom stereocenters. The summed E-state index contributed by atoms with van der Waals surface area (Å²) in [6, 6.07) is 5.46. The Morgan fingerprint density at radius 3 is 2.58 bits per heavy atom.